The lowest BCUT2D eigenvalue weighted by molar-refractivity contribution is 0.0488. The van der Waals surface area contributed by atoms with Gasteiger partial charge in [0, 0.05) is 0 Å². The summed E-state index contributed by atoms with van der Waals surface area (Å²) in [6.07, 6.45) is 1.46. The molecule has 0 aliphatic heterocycles. The first-order valence-corrected chi connectivity index (χ1v) is 5.22. The summed E-state index contributed by atoms with van der Waals surface area (Å²) in [5.41, 5.74) is 0.0788. The molecule has 2 aromatic rings. The van der Waals surface area contributed by atoms with Gasteiger partial charge in [0.2, 0.25) is 0 Å². The fraction of sp³-hybridized carbons (Fsp3) is 0.0667. The topological polar surface area (TPSA) is 19.9 Å². The first kappa shape index (κ1) is 10.7. The summed E-state index contributed by atoms with van der Waals surface area (Å²) < 4.78 is 0. The number of rotatable bonds is 3. The van der Waals surface area contributed by atoms with Crippen LogP contribution >= 0.6 is 0 Å². The molecule has 1 nitrogen and oxygen atoms in total. The van der Waals surface area contributed by atoms with Crippen LogP contribution in [-0.2, 0) is 10.7 Å². The molecule has 2 rings (SSSR count). The highest BCUT2D eigenvalue weighted by atomic mass is 16.3. The molecule has 0 atom stereocenters. The van der Waals surface area contributed by atoms with Gasteiger partial charge in [-0.15, -0.1) is 0 Å². The van der Waals surface area contributed by atoms with E-state index in [2.05, 4.69) is 6.58 Å². The van der Waals surface area contributed by atoms with Crippen LogP contribution in [0.4, 0.5) is 0 Å². The molecule has 0 amide bonds. The first-order valence-electron chi connectivity index (χ1n) is 5.22. The summed E-state index contributed by atoms with van der Waals surface area (Å²) in [4.78, 5) is 0. The van der Waals surface area contributed by atoms with E-state index in [0.717, 1.165) is 11.1 Å². The van der Waals surface area contributed by atoms with Gasteiger partial charge in [-0.1, -0.05) is 67.2 Å². The van der Waals surface area contributed by atoms with Crippen molar-refractivity contribution in [1.82, 2.24) is 0 Å². The Morgan fingerprint density at radius 3 is 1.50 bits per heavy atom. The van der Waals surface area contributed by atoms with Crippen LogP contribution in [0.15, 0.2) is 73.3 Å². The predicted octanol–water partition coefficient (Wildman–Crippen LogP) is 3.55. The zero-order chi connectivity index (χ0) is 11.4. The quantitative estimate of drug-likeness (QED) is 0.689. The lowest BCUT2D eigenvalue weighted by atomic mass is 9.86. The zero-order valence-electron chi connectivity index (χ0n) is 8.97. The maximum atomic E-state index is 12.8. The van der Waals surface area contributed by atoms with Crippen molar-refractivity contribution in [3.8, 4) is 0 Å². The second-order valence-electron chi connectivity index (χ2n) is 3.67. The van der Waals surface area contributed by atoms with Crippen molar-refractivity contribution in [3.05, 3.63) is 84.4 Å². The third-order valence-electron chi connectivity index (χ3n) is 2.69. The van der Waals surface area contributed by atoms with E-state index in [1.54, 1.807) is 0 Å². The highest BCUT2D eigenvalue weighted by molar-refractivity contribution is 5.39. The van der Waals surface area contributed by atoms with Gasteiger partial charge < -0.3 is 0 Å². The summed E-state index contributed by atoms with van der Waals surface area (Å²) in [5.74, 6) is 0. The van der Waals surface area contributed by atoms with Gasteiger partial charge in [-0.3, -0.25) is 0 Å². The normalized spacial score (nSPS) is 11.1. The molecule has 79 valence electrons. The van der Waals surface area contributed by atoms with E-state index in [1.165, 1.54) is 6.08 Å². The van der Waals surface area contributed by atoms with Gasteiger partial charge in [-0.05, 0) is 17.2 Å². The van der Waals surface area contributed by atoms with Crippen molar-refractivity contribution in [2.45, 2.75) is 5.60 Å². The molecule has 0 aromatic heterocycles. The van der Waals surface area contributed by atoms with Crippen molar-refractivity contribution in [1.29, 1.82) is 0 Å². The standard InChI is InChI=1S/C15H13O/c1-2-15(16,13-9-5-3-6-10-13)14-11-7-4-8-12-14/h2-12H,1H2. The van der Waals surface area contributed by atoms with E-state index in [-0.39, 0.29) is 0 Å². The molecule has 0 unspecified atom stereocenters. The van der Waals surface area contributed by atoms with E-state index in [4.69, 9.17) is 0 Å². The average molecular weight is 209 g/mol. The molecule has 0 bridgehead atoms. The molecule has 0 N–H and O–H groups in total. The van der Waals surface area contributed by atoms with Crippen LogP contribution in [0, 0.1) is 0 Å². The van der Waals surface area contributed by atoms with Crippen LogP contribution in [0.3, 0.4) is 0 Å². The zero-order valence-corrected chi connectivity index (χ0v) is 8.97. The molecular weight excluding hydrogens is 196 g/mol. The second kappa shape index (κ2) is 4.33. The van der Waals surface area contributed by atoms with Gasteiger partial charge >= 0.3 is 0 Å². The maximum Gasteiger partial charge on any atom is 0.171 e. The lowest BCUT2D eigenvalue weighted by Crippen LogP contribution is -2.22. The van der Waals surface area contributed by atoms with Crippen LogP contribution in [0.1, 0.15) is 11.1 Å². The second-order valence-corrected chi connectivity index (χ2v) is 3.67. The third kappa shape index (κ3) is 1.77. The van der Waals surface area contributed by atoms with Gasteiger partial charge in [0.15, 0.2) is 5.60 Å². The monoisotopic (exact) mass is 209 g/mol. The Kier molecular flexibility index (Phi) is 2.88. The van der Waals surface area contributed by atoms with Gasteiger partial charge in [0.25, 0.3) is 0 Å². The molecule has 0 fully saturated rings. The minimum Gasteiger partial charge on any atom is -0.214 e. The summed E-state index contributed by atoms with van der Waals surface area (Å²) in [5, 5.41) is 12.8. The molecule has 0 heterocycles. The highest BCUT2D eigenvalue weighted by Crippen LogP contribution is 2.30. The molecule has 2 aromatic carbocycles. The number of benzene rings is 2. The van der Waals surface area contributed by atoms with Gasteiger partial charge in [0.05, 0.1) is 0 Å². The molecule has 0 spiro atoms. The summed E-state index contributed by atoms with van der Waals surface area (Å²) in [6, 6.07) is 18.6. The molecule has 0 saturated carbocycles. The fourth-order valence-electron chi connectivity index (χ4n) is 1.77. The Bertz CT molecular complexity index is 420. The van der Waals surface area contributed by atoms with Gasteiger partial charge in [-0.2, -0.15) is 0 Å². The Morgan fingerprint density at radius 1 is 0.812 bits per heavy atom. The molecular formula is C15H13O. The van der Waals surface area contributed by atoms with E-state index < -0.39 is 5.60 Å². The van der Waals surface area contributed by atoms with Gasteiger partial charge in [0.1, 0.15) is 0 Å². The van der Waals surface area contributed by atoms with Crippen LogP contribution in [0.2, 0.25) is 0 Å². The summed E-state index contributed by atoms with van der Waals surface area (Å²) >= 11 is 0. The van der Waals surface area contributed by atoms with E-state index in [0.29, 0.717) is 0 Å². The lowest BCUT2D eigenvalue weighted by Gasteiger charge is -2.22. The number of hydrogen-bond acceptors (Lipinski definition) is 0. The smallest absolute Gasteiger partial charge is 0.171 e. The molecule has 1 heteroatoms. The Balaban J connectivity index is 2.53. The average Bonchev–Trinajstić information content (AvgIpc) is 2.40. The SMILES string of the molecule is C=CC([O])(c1ccccc1)c1ccccc1. The molecule has 0 aliphatic rings. The minimum absolute atomic E-state index is 0.719. The van der Waals surface area contributed by atoms with E-state index in [9.17, 15) is 5.11 Å². The molecule has 1 radical (unpaired) electrons. The highest BCUT2D eigenvalue weighted by Gasteiger charge is 2.29. The van der Waals surface area contributed by atoms with Crippen LogP contribution in [0.5, 0.6) is 0 Å². The number of hydrogen-bond donors (Lipinski definition) is 0. The van der Waals surface area contributed by atoms with Crippen molar-refractivity contribution in [3.63, 3.8) is 0 Å². The Hall–Kier alpha value is -1.86. The van der Waals surface area contributed by atoms with E-state index >= 15 is 0 Å². The van der Waals surface area contributed by atoms with E-state index in [1.807, 2.05) is 60.7 Å². The predicted molar refractivity (Wildman–Crippen MR) is 64.5 cm³/mol. The largest absolute Gasteiger partial charge is 0.214 e. The molecule has 16 heavy (non-hydrogen) atoms. The van der Waals surface area contributed by atoms with Gasteiger partial charge in [-0.25, -0.2) is 5.11 Å². The minimum atomic E-state index is -1.36. The first-order chi connectivity index (χ1) is 7.77. The van der Waals surface area contributed by atoms with Crippen molar-refractivity contribution < 1.29 is 5.11 Å². The van der Waals surface area contributed by atoms with Crippen LogP contribution in [0.25, 0.3) is 0 Å². The van der Waals surface area contributed by atoms with Crippen molar-refractivity contribution in [2.75, 3.05) is 0 Å². The Morgan fingerprint density at radius 2 is 1.19 bits per heavy atom. The summed E-state index contributed by atoms with van der Waals surface area (Å²) in [6.45, 7) is 3.67. The molecule has 0 saturated heterocycles. The fourth-order valence-corrected chi connectivity index (χ4v) is 1.77. The maximum absolute atomic E-state index is 12.8. The summed E-state index contributed by atoms with van der Waals surface area (Å²) in [7, 11) is 0. The van der Waals surface area contributed by atoms with Crippen molar-refractivity contribution >= 4 is 0 Å². The van der Waals surface area contributed by atoms with Crippen LogP contribution in [-0.4, -0.2) is 0 Å². The molecule has 0 aliphatic carbocycles. The Labute approximate surface area is 95.7 Å². The van der Waals surface area contributed by atoms with Crippen LogP contribution < -0.4 is 0 Å². The van der Waals surface area contributed by atoms with Crippen molar-refractivity contribution in [2.24, 2.45) is 0 Å². The third-order valence-corrected chi connectivity index (χ3v) is 2.69.